The van der Waals surface area contributed by atoms with Crippen LogP contribution in [0.3, 0.4) is 0 Å². The molecular formula is C13H18FNOS. The van der Waals surface area contributed by atoms with Crippen LogP contribution in [0.1, 0.15) is 31.4 Å². The number of rotatable bonds is 4. The number of nitrogens with one attached hydrogen (secondary N) is 1. The minimum atomic E-state index is -0.304. The Labute approximate surface area is 106 Å². The fourth-order valence-electron chi connectivity index (χ4n) is 2.10. The highest BCUT2D eigenvalue weighted by Crippen LogP contribution is 2.28. The minimum Gasteiger partial charge on any atom is -0.508 e. The van der Waals surface area contributed by atoms with Gasteiger partial charge in [-0.05, 0) is 43.7 Å². The lowest BCUT2D eigenvalue weighted by molar-refractivity contribution is 0.448. The van der Waals surface area contributed by atoms with E-state index in [0.717, 1.165) is 6.54 Å². The summed E-state index contributed by atoms with van der Waals surface area (Å²) in [5, 5.41) is 13.7. The maximum absolute atomic E-state index is 13.1. The minimum absolute atomic E-state index is 0.0214. The van der Waals surface area contributed by atoms with Gasteiger partial charge >= 0.3 is 0 Å². The summed E-state index contributed by atoms with van der Waals surface area (Å²) in [7, 11) is 0. The largest absolute Gasteiger partial charge is 0.508 e. The van der Waals surface area contributed by atoms with E-state index in [1.54, 1.807) is 0 Å². The molecule has 1 saturated heterocycles. The van der Waals surface area contributed by atoms with Crippen LogP contribution in [0.5, 0.6) is 5.75 Å². The molecule has 0 radical (unpaired) electrons. The predicted molar refractivity (Wildman–Crippen MR) is 70.0 cm³/mol. The van der Waals surface area contributed by atoms with Gasteiger partial charge in [0.1, 0.15) is 11.6 Å². The van der Waals surface area contributed by atoms with E-state index in [0.29, 0.717) is 10.8 Å². The van der Waals surface area contributed by atoms with Crippen molar-refractivity contribution in [2.45, 2.75) is 31.1 Å². The molecule has 1 fully saturated rings. The highest BCUT2D eigenvalue weighted by Gasteiger charge is 2.17. The van der Waals surface area contributed by atoms with Crippen molar-refractivity contribution in [1.82, 2.24) is 5.32 Å². The second kappa shape index (κ2) is 5.74. The third kappa shape index (κ3) is 3.36. The van der Waals surface area contributed by atoms with Crippen molar-refractivity contribution < 1.29 is 9.50 Å². The van der Waals surface area contributed by atoms with E-state index in [9.17, 15) is 9.50 Å². The summed E-state index contributed by atoms with van der Waals surface area (Å²) in [6.07, 6.45) is 2.54. The van der Waals surface area contributed by atoms with Crippen LogP contribution in [0.15, 0.2) is 18.2 Å². The molecule has 1 aromatic carbocycles. The maximum atomic E-state index is 13.1. The Hall–Kier alpha value is -0.740. The van der Waals surface area contributed by atoms with Crippen molar-refractivity contribution in [3.63, 3.8) is 0 Å². The summed E-state index contributed by atoms with van der Waals surface area (Å²) in [5.41, 5.74) is 0.632. The van der Waals surface area contributed by atoms with Crippen LogP contribution in [0.4, 0.5) is 4.39 Å². The lowest BCUT2D eigenvalue weighted by Gasteiger charge is -2.18. The fourth-order valence-corrected chi connectivity index (χ4v) is 3.31. The highest BCUT2D eigenvalue weighted by molar-refractivity contribution is 8.00. The van der Waals surface area contributed by atoms with Gasteiger partial charge in [0, 0.05) is 23.4 Å². The summed E-state index contributed by atoms with van der Waals surface area (Å²) >= 11 is 1.99. The number of hydrogen-bond acceptors (Lipinski definition) is 3. The second-order valence-corrected chi connectivity index (χ2v) is 5.88. The first kappa shape index (κ1) is 12.7. The SMILES string of the molecule is CC(NCC1CCCS1)c1cc(F)ccc1O. The van der Waals surface area contributed by atoms with Crippen LogP contribution >= 0.6 is 11.8 Å². The Bertz CT molecular complexity index is 380. The summed E-state index contributed by atoms with van der Waals surface area (Å²) in [6.45, 7) is 2.87. The number of benzene rings is 1. The highest BCUT2D eigenvalue weighted by atomic mass is 32.2. The average Bonchev–Trinajstić information content (AvgIpc) is 2.82. The van der Waals surface area contributed by atoms with Crippen LogP contribution in [0.25, 0.3) is 0 Å². The number of thioether (sulfide) groups is 1. The first-order chi connectivity index (χ1) is 8.16. The summed E-state index contributed by atoms with van der Waals surface area (Å²) in [5.74, 6) is 1.10. The number of aromatic hydroxyl groups is 1. The normalized spacial score (nSPS) is 21.6. The molecule has 1 heterocycles. The Morgan fingerprint density at radius 2 is 2.41 bits per heavy atom. The van der Waals surface area contributed by atoms with Gasteiger partial charge in [0.05, 0.1) is 0 Å². The van der Waals surface area contributed by atoms with Gasteiger partial charge < -0.3 is 10.4 Å². The van der Waals surface area contributed by atoms with Crippen molar-refractivity contribution >= 4 is 11.8 Å². The molecule has 2 atom stereocenters. The topological polar surface area (TPSA) is 32.3 Å². The van der Waals surface area contributed by atoms with Crippen LogP contribution in [-0.2, 0) is 0 Å². The van der Waals surface area contributed by atoms with Gasteiger partial charge in [0.25, 0.3) is 0 Å². The predicted octanol–water partition coefficient (Wildman–Crippen LogP) is 3.08. The molecule has 2 N–H and O–H groups in total. The first-order valence-electron chi connectivity index (χ1n) is 6.00. The zero-order valence-electron chi connectivity index (χ0n) is 9.95. The smallest absolute Gasteiger partial charge is 0.123 e. The molecule has 17 heavy (non-hydrogen) atoms. The quantitative estimate of drug-likeness (QED) is 0.867. The molecule has 0 bridgehead atoms. The van der Waals surface area contributed by atoms with Crippen molar-refractivity contribution in [3.8, 4) is 5.75 Å². The molecule has 1 aromatic rings. The van der Waals surface area contributed by atoms with Crippen LogP contribution in [0.2, 0.25) is 0 Å². The molecule has 4 heteroatoms. The fraction of sp³-hybridized carbons (Fsp3) is 0.538. The molecule has 2 rings (SSSR count). The number of phenols is 1. The lowest BCUT2D eigenvalue weighted by Crippen LogP contribution is -2.26. The molecule has 1 aliphatic rings. The first-order valence-corrected chi connectivity index (χ1v) is 7.05. The van der Waals surface area contributed by atoms with Crippen molar-refractivity contribution in [2.24, 2.45) is 0 Å². The molecule has 0 aliphatic carbocycles. The number of hydrogen-bond donors (Lipinski definition) is 2. The number of phenolic OH excluding ortho intramolecular Hbond substituents is 1. The van der Waals surface area contributed by atoms with E-state index in [-0.39, 0.29) is 17.6 Å². The van der Waals surface area contributed by atoms with Gasteiger partial charge in [0.15, 0.2) is 0 Å². The molecular weight excluding hydrogens is 237 g/mol. The zero-order chi connectivity index (χ0) is 12.3. The van der Waals surface area contributed by atoms with Crippen molar-refractivity contribution in [2.75, 3.05) is 12.3 Å². The second-order valence-electron chi connectivity index (χ2n) is 4.47. The van der Waals surface area contributed by atoms with Crippen molar-refractivity contribution in [1.29, 1.82) is 0 Å². The van der Waals surface area contributed by atoms with Gasteiger partial charge in [-0.25, -0.2) is 4.39 Å². The van der Waals surface area contributed by atoms with Crippen molar-refractivity contribution in [3.05, 3.63) is 29.6 Å². The average molecular weight is 255 g/mol. The third-order valence-corrected chi connectivity index (χ3v) is 4.53. The molecule has 94 valence electrons. The summed E-state index contributed by atoms with van der Waals surface area (Å²) < 4.78 is 13.1. The third-order valence-electron chi connectivity index (χ3n) is 3.13. The lowest BCUT2D eigenvalue weighted by atomic mass is 10.1. The van der Waals surface area contributed by atoms with Gasteiger partial charge in [-0.2, -0.15) is 11.8 Å². The molecule has 0 aromatic heterocycles. The van der Waals surface area contributed by atoms with Crippen LogP contribution in [-0.4, -0.2) is 22.7 Å². The van der Waals surface area contributed by atoms with E-state index >= 15 is 0 Å². The number of halogens is 1. The molecule has 0 amide bonds. The van der Waals surface area contributed by atoms with E-state index in [1.807, 2.05) is 18.7 Å². The molecule has 0 spiro atoms. The molecule has 0 saturated carbocycles. The zero-order valence-corrected chi connectivity index (χ0v) is 10.8. The monoisotopic (exact) mass is 255 g/mol. The Balaban J connectivity index is 1.93. The Morgan fingerprint density at radius 1 is 1.59 bits per heavy atom. The van der Waals surface area contributed by atoms with Gasteiger partial charge in [-0.1, -0.05) is 0 Å². The van der Waals surface area contributed by atoms with Gasteiger partial charge in [-0.15, -0.1) is 0 Å². The van der Waals surface area contributed by atoms with Gasteiger partial charge in [0.2, 0.25) is 0 Å². The Kier molecular flexibility index (Phi) is 4.29. The van der Waals surface area contributed by atoms with E-state index in [4.69, 9.17) is 0 Å². The standard InChI is InChI=1S/C13H18FNOS/c1-9(15-8-11-3-2-6-17-11)12-7-10(14)4-5-13(12)16/h4-5,7,9,11,15-16H,2-3,6,8H2,1H3. The van der Waals surface area contributed by atoms with E-state index in [1.165, 1.54) is 36.8 Å². The van der Waals surface area contributed by atoms with Crippen LogP contribution < -0.4 is 5.32 Å². The Morgan fingerprint density at radius 3 is 3.12 bits per heavy atom. The van der Waals surface area contributed by atoms with Gasteiger partial charge in [-0.3, -0.25) is 0 Å². The van der Waals surface area contributed by atoms with Crippen LogP contribution in [0, 0.1) is 5.82 Å². The molecule has 2 nitrogen and oxygen atoms in total. The molecule has 2 unspecified atom stereocenters. The maximum Gasteiger partial charge on any atom is 0.123 e. The summed E-state index contributed by atoms with van der Waals surface area (Å²) in [6, 6.07) is 4.06. The van der Waals surface area contributed by atoms with E-state index in [2.05, 4.69) is 5.32 Å². The summed E-state index contributed by atoms with van der Waals surface area (Å²) in [4.78, 5) is 0. The molecule has 1 aliphatic heterocycles. The van der Waals surface area contributed by atoms with E-state index < -0.39 is 0 Å².